The first-order chi connectivity index (χ1) is 7.70. The summed E-state index contributed by atoms with van der Waals surface area (Å²) < 4.78 is 0. The van der Waals surface area contributed by atoms with E-state index < -0.39 is 5.97 Å². The quantitative estimate of drug-likeness (QED) is 0.802. The number of anilines is 1. The summed E-state index contributed by atoms with van der Waals surface area (Å²) in [7, 11) is 0. The van der Waals surface area contributed by atoms with Crippen LogP contribution in [0, 0.1) is 5.92 Å². The molecule has 1 aliphatic rings. The Hall–Kier alpha value is -1.55. The third kappa shape index (κ3) is 2.17. The summed E-state index contributed by atoms with van der Waals surface area (Å²) >= 11 is 0. The van der Waals surface area contributed by atoms with Gasteiger partial charge in [0.15, 0.2) is 0 Å². The molecule has 1 aliphatic heterocycles. The Morgan fingerprint density at radius 2 is 2.12 bits per heavy atom. The molecule has 1 unspecified atom stereocenters. The lowest BCUT2D eigenvalue weighted by Gasteiger charge is -2.18. The molecule has 16 heavy (non-hydrogen) atoms. The van der Waals surface area contributed by atoms with Gasteiger partial charge in [-0.15, -0.1) is 0 Å². The molecule has 0 bridgehead atoms. The van der Waals surface area contributed by atoms with Crippen LogP contribution in [0.15, 0.2) is 24.3 Å². The van der Waals surface area contributed by atoms with Crippen molar-refractivity contribution in [2.24, 2.45) is 11.7 Å². The number of nitrogens with two attached hydrogens (primary N) is 1. The second-order valence-corrected chi connectivity index (χ2v) is 4.19. The summed E-state index contributed by atoms with van der Waals surface area (Å²) in [6.07, 6.45) is 1.12. The highest BCUT2D eigenvalue weighted by Crippen LogP contribution is 2.23. The number of hydrogen-bond acceptors (Lipinski definition) is 3. The minimum absolute atomic E-state index is 0.332. The van der Waals surface area contributed by atoms with E-state index in [0.29, 0.717) is 11.5 Å². The van der Waals surface area contributed by atoms with E-state index >= 15 is 0 Å². The van der Waals surface area contributed by atoms with Crippen molar-refractivity contribution in [1.82, 2.24) is 0 Å². The lowest BCUT2D eigenvalue weighted by Crippen LogP contribution is -2.22. The van der Waals surface area contributed by atoms with Crippen LogP contribution >= 0.6 is 0 Å². The van der Waals surface area contributed by atoms with Crippen molar-refractivity contribution in [1.29, 1.82) is 0 Å². The molecule has 1 saturated heterocycles. The SMILES string of the molecule is NCC1CCN(c2ccc(C(=O)O)cc2)C1. The van der Waals surface area contributed by atoms with E-state index in [9.17, 15) is 4.79 Å². The predicted octanol–water partition coefficient (Wildman–Crippen LogP) is 1.17. The summed E-state index contributed by atoms with van der Waals surface area (Å²) in [4.78, 5) is 13.0. The van der Waals surface area contributed by atoms with Crippen molar-refractivity contribution in [3.63, 3.8) is 0 Å². The van der Waals surface area contributed by atoms with Crippen LogP contribution in [-0.4, -0.2) is 30.7 Å². The van der Waals surface area contributed by atoms with Crippen LogP contribution in [0.25, 0.3) is 0 Å². The Morgan fingerprint density at radius 1 is 1.44 bits per heavy atom. The van der Waals surface area contributed by atoms with Gasteiger partial charge in [-0.3, -0.25) is 0 Å². The zero-order valence-electron chi connectivity index (χ0n) is 9.10. The lowest BCUT2D eigenvalue weighted by molar-refractivity contribution is 0.0697. The molecule has 86 valence electrons. The summed E-state index contributed by atoms with van der Waals surface area (Å²) in [6.45, 7) is 2.71. The van der Waals surface area contributed by atoms with Crippen molar-refractivity contribution in [2.45, 2.75) is 6.42 Å². The monoisotopic (exact) mass is 220 g/mol. The number of carbonyl (C=O) groups is 1. The highest BCUT2D eigenvalue weighted by molar-refractivity contribution is 5.88. The standard InChI is InChI=1S/C12H16N2O2/c13-7-9-5-6-14(8-9)11-3-1-10(2-4-11)12(15)16/h1-4,9H,5-8,13H2,(H,15,16). The molecular formula is C12H16N2O2. The van der Waals surface area contributed by atoms with E-state index in [-0.39, 0.29) is 0 Å². The molecule has 2 rings (SSSR count). The minimum Gasteiger partial charge on any atom is -0.478 e. The maximum absolute atomic E-state index is 10.7. The van der Waals surface area contributed by atoms with Gasteiger partial charge in [-0.2, -0.15) is 0 Å². The first-order valence-electron chi connectivity index (χ1n) is 5.49. The van der Waals surface area contributed by atoms with E-state index in [1.807, 2.05) is 12.1 Å². The number of rotatable bonds is 3. The number of carboxylic acids is 1. The highest BCUT2D eigenvalue weighted by Gasteiger charge is 2.21. The van der Waals surface area contributed by atoms with Crippen molar-refractivity contribution >= 4 is 11.7 Å². The predicted molar refractivity (Wildman–Crippen MR) is 62.8 cm³/mol. The van der Waals surface area contributed by atoms with Gasteiger partial charge in [0.2, 0.25) is 0 Å². The van der Waals surface area contributed by atoms with Crippen molar-refractivity contribution in [2.75, 3.05) is 24.5 Å². The minimum atomic E-state index is -0.882. The van der Waals surface area contributed by atoms with E-state index in [1.165, 1.54) is 0 Å². The van der Waals surface area contributed by atoms with Crippen LogP contribution in [0.5, 0.6) is 0 Å². The zero-order valence-corrected chi connectivity index (χ0v) is 9.10. The molecule has 4 heteroatoms. The fraction of sp³-hybridized carbons (Fsp3) is 0.417. The molecule has 0 aliphatic carbocycles. The Morgan fingerprint density at radius 3 is 2.62 bits per heavy atom. The third-order valence-electron chi connectivity index (χ3n) is 3.10. The van der Waals surface area contributed by atoms with Crippen LogP contribution in [0.2, 0.25) is 0 Å². The van der Waals surface area contributed by atoms with Gasteiger partial charge in [0, 0.05) is 18.8 Å². The molecular weight excluding hydrogens is 204 g/mol. The number of hydrogen-bond donors (Lipinski definition) is 2. The summed E-state index contributed by atoms with van der Waals surface area (Å²) in [6, 6.07) is 7.02. The molecule has 1 atom stereocenters. The van der Waals surface area contributed by atoms with Gasteiger partial charge in [-0.05, 0) is 43.1 Å². The normalized spacial score (nSPS) is 20.1. The Kier molecular flexibility index (Phi) is 3.10. The molecule has 1 fully saturated rings. The average molecular weight is 220 g/mol. The molecule has 0 spiro atoms. The van der Waals surface area contributed by atoms with E-state index in [2.05, 4.69) is 4.90 Å². The van der Waals surface area contributed by atoms with Crippen molar-refractivity contribution in [3.8, 4) is 0 Å². The Labute approximate surface area is 94.7 Å². The van der Waals surface area contributed by atoms with Crippen molar-refractivity contribution < 1.29 is 9.90 Å². The first-order valence-corrected chi connectivity index (χ1v) is 5.49. The van der Waals surface area contributed by atoms with Gasteiger partial charge in [-0.1, -0.05) is 0 Å². The molecule has 0 amide bonds. The first kappa shape index (κ1) is 11.0. The van der Waals surface area contributed by atoms with Gasteiger partial charge in [-0.25, -0.2) is 4.79 Å². The molecule has 3 N–H and O–H groups in total. The molecule has 0 saturated carbocycles. The molecule has 0 aromatic heterocycles. The van der Waals surface area contributed by atoms with Gasteiger partial charge < -0.3 is 15.7 Å². The zero-order chi connectivity index (χ0) is 11.5. The maximum Gasteiger partial charge on any atom is 0.335 e. The highest BCUT2D eigenvalue weighted by atomic mass is 16.4. The second-order valence-electron chi connectivity index (χ2n) is 4.19. The molecule has 0 radical (unpaired) electrons. The fourth-order valence-electron chi connectivity index (χ4n) is 2.07. The maximum atomic E-state index is 10.7. The topological polar surface area (TPSA) is 66.6 Å². The smallest absolute Gasteiger partial charge is 0.335 e. The lowest BCUT2D eigenvalue weighted by atomic mass is 10.1. The number of nitrogens with zero attached hydrogens (tertiary/aromatic N) is 1. The van der Waals surface area contributed by atoms with Gasteiger partial charge >= 0.3 is 5.97 Å². The number of aromatic carboxylic acids is 1. The number of carboxylic acid groups (broad SMARTS) is 1. The summed E-state index contributed by atoms with van der Waals surface area (Å²) in [5.74, 6) is -0.313. The third-order valence-corrected chi connectivity index (χ3v) is 3.10. The summed E-state index contributed by atoms with van der Waals surface area (Å²) in [5, 5.41) is 8.79. The van der Waals surface area contributed by atoms with E-state index in [4.69, 9.17) is 10.8 Å². The molecule has 4 nitrogen and oxygen atoms in total. The average Bonchev–Trinajstić information content (AvgIpc) is 2.77. The summed E-state index contributed by atoms with van der Waals surface area (Å²) in [5.41, 5.74) is 7.05. The van der Waals surface area contributed by atoms with E-state index in [0.717, 1.165) is 31.7 Å². The largest absolute Gasteiger partial charge is 0.478 e. The van der Waals surface area contributed by atoms with Crippen LogP contribution in [0.4, 0.5) is 5.69 Å². The van der Waals surface area contributed by atoms with E-state index in [1.54, 1.807) is 12.1 Å². The van der Waals surface area contributed by atoms with Gasteiger partial charge in [0.05, 0.1) is 5.56 Å². The van der Waals surface area contributed by atoms with Crippen molar-refractivity contribution in [3.05, 3.63) is 29.8 Å². The second kappa shape index (κ2) is 4.53. The van der Waals surface area contributed by atoms with Crippen LogP contribution < -0.4 is 10.6 Å². The van der Waals surface area contributed by atoms with Gasteiger partial charge in [0.25, 0.3) is 0 Å². The van der Waals surface area contributed by atoms with Crippen LogP contribution in [0.1, 0.15) is 16.8 Å². The Balaban J connectivity index is 2.08. The molecule has 1 aromatic carbocycles. The molecule has 1 heterocycles. The Bertz CT molecular complexity index is 375. The van der Waals surface area contributed by atoms with Crippen LogP contribution in [0.3, 0.4) is 0 Å². The molecule has 1 aromatic rings. The number of benzene rings is 1. The van der Waals surface area contributed by atoms with Crippen LogP contribution in [-0.2, 0) is 0 Å². The fourth-order valence-corrected chi connectivity index (χ4v) is 2.07. The van der Waals surface area contributed by atoms with Gasteiger partial charge in [0.1, 0.15) is 0 Å².